The van der Waals surface area contributed by atoms with Crippen LogP contribution in [0.3, 0.4) is 0 Å². The van der Waals surface area contributed by atoms with Crippen LogP contribution in [0.25, 0.3) is 0 Å². The maximum absolute atomic E-state index is 10.1. The largest absolute Gasteiger partial charge is 0.481 e. The van der Waals surface area contributed by atoms with Crippen molar-refractivity contribution in [2.75, 3.05) is 0 Å². The second-order valence-corrected chi connectivity index (χ2v) is 3.26. The normalized spacial score (nSPS) is 9.85. The van der Waals surface area contributed by atoms with Crippen LogP contribution in [0.15, 0.2) is 0 Å². The quantitative estimate of drug-likeness (QED) is 0.428. The van der Waals surface area contributed by atoms with Gasteiger partial charge in [-0.25, -0.2) is 0 Å². The zero-order chi connectivity index (χ0) is 9.94. The molecule has 0 radical (unpaired) electrons. The van der Waals surface area contributed by atoms with Gasteiger partial charge in [-0.3, -0.25) is 4.79 Å². The predicted octanol–water partition coefficient (Wildman–Crippen LogP) is 2.84. The second-order valence-electron chi connectivity index (χ2n) is 3.26. The Morgan fingerprint density at radius 2 is 1.62 bits per heavy atom. The van der Waals surface area contributed by atoms with Gasteiger partial charge in [0.05, 0.1) is 0 Å². The lowest BCUT2D eigenvalue weighted by atomic mass is 10.1. The number of carboxylic acid groups (broad SMARTS) is 1. The van der Waals surface area contributed by atoms with E-state index in [1.54, 1.807) is 0 Å². The van der Waals surface area contributed by atoms with Gasteiger partial charge in [0.2, 0.25) is 0 Å². The summed E-state index contributed by atoms with van der Waals surface area (Å²) in [6, 6.07) is 0. The van der Waals surface area contributed by atoms with Gasteiger partial charge in [-0.15, -0.1) is 0 Å². The van der Waals surface area contributed by atoms with Crippen molar-refractivity contribution in [3.63, 3.8) is 0 Å². The number of aliphatic carboxylic acids is 1. The average Bonchev–Trinajstić information content (AvgIpc) is 2.09. The Bertz CT molecular complexity index is 146. The van der Waals surface area contributed by atoms with Gasteiger partial charge in [0.25, 0.3) is 0 Å². The molecule has 0 aromatic heterocycles. The molecule has 3 nitrogen and oxygen atoms in total. The van der Waals surface area contributed by atoms with E-state index in [1.165, 1.54) is 19.1 Å². The van der Waals surface area contributed by atoms with E-state index >= 15 is 0 Å². The molecule has 0 amide bonds. The van der Waals surface area contributed by atoms with Crippen LogP contribution in [0.5, 0.6) is 0 Å². The minimum absolute atomic E-state index is 0.306. The Morgan fingerprint density at radius 3 is 2.15 bits per heavy atom. The maximum atomic E-state index is 10.1. The van der Waals surface area contributed by atoms with Crippen LogP contribution in [-0.4, -0.2) is 17.3 Å². The van der Waals surface area contributed by atoms with Crippen LogP contribution < -0.4 is 0 Å². The molecular weight excluding hydrogens is 166 g/mol. The smallest absolute Gasteiger partial charge is 0.303 e. The molecule has 0 aromatic carbocycles. The lowest BCUT2D eigenvalue weighted by Gasteiger charge is -1.98. The first kappa shape index (κ1) is 12.1. The number of hydrogen-bond donors (Lipinski definition) is 2. The van der Waals surface area contributed by atoms with Crippen molar-refractivity contribution in [3.05, 3.63) is 0 Å². The van der Waals surface area contributed by atoms with E-state index in [0.717, 1.165) is 32.1 Å². The first-order valence-electron chi connectivity index (χ1n) is 4.98. The molecule has 0 aliphatic carbocycles. The van der Waals surface area contributed by atoms with E-state index in [0.29, 0.717) is 6.42 Å². The van der Waals surface area contributed by atoms with E-state index in [9.17, 15) is 4.79 Å². The van der Waals surface area contributed by atoms with Gasteiger partial charge in [-0.05, 0) is 25.5 Å². The van der Waals surface area contributed by atoms with Gasteiger partial charge in [-0.1, -0.05) is 25.7 Å². The van der Waals surface area contributed by atoms with Crippen LogP contribution in [-0.2, 0) is 4.79 Å². The van der Waals surface area contributed by atoms with Crippen LogP contribution in [0.4, 0.5) is 0 Å². The lowest BCUT2D eigenvalue weighted by molar-refractivity contribution is -0.137. The number of carboxylic acids is 1. The summed E-state index contributed by atoms with van der Waals surface area (Å²) in [5.41, 5.74) is 0. The van der Waals surface area contributed by atoms with E-state index < -0.39 is 5.97 Å². The van der Waals surface area contributed by atoms with E-state index in [4.69, 9.17) is 10.5 Å². The van der Waals surface area contributed by atoms with Crippen molar-refractivity contribution in [2.45, 2.75) is 51.4 Å². The molecule has 0 atom stereocenters. The van der Waals surface area contributed by atoms with Crippen molar-refractivity contribution in [3.8, 4) is 0 Å². The fourth-order valence-electron chi connectivity index (χ4n) is 1.23. The molecule has 76 valence electrons. The molecule has 0 spiro atoms. The fraction of sp³-hybridized carbons (Fsp3) is 0.800. The summed E-state index contributed by atoms with van der Waals surface area (Å²) >= 11 is 0. The highest BCUT2D eigenvalue weighted by Gasteiger charge is 1.95. The number of unbranched alkanes of at least 4 members (excludes halogenated alkanes) is 6. The fourth-order valence-corrected chi connectivity index (χ4v) is 1.23. The van der Waals surface area contributed by atoms with Crippen molar-refractivity contribution in [2.24, 2.45) is 0 Å². The first-order chi connectivity index (χ1) is 6.27. The van der Waals surface area contributed by atoms with Crippen LogP contribution in [0.2, 0.25) is 0 Å². The van der Waals surface area contributed by atoms with Crippen LogP contribution in [0.1, 0.15) is 51.4 Å². The standard InChI is InChI=1S/C10H19NO2/c11-9-7-5-3-1-2-4-6-8-10(12)13/h9,11H,1-8H2,(H,12,13). The van der Waals surface area contributed by atoms with Gasteiger partial charge in [0.1, 0.15) is 0 Å². The Labute approximate surface area is 79.7 Å². The highest BCUT2D eigenvalue weighted by Crippen LogP contribution is 2.07. The molecule has 0 saturated carbocycles. The van der Waals surface area contributed by atoms with Crippen LogP contribution >= 0.6 is 0 Å². The monoisotopic (exact) mass is 185 g/mol. The predicted molar refractivity (Wildman–Crippen MR) is 53.4 cm³/mol. The Hall–Kier alpha value is -0.860. The van der Waals surface area contributed by atoms with Crippen LogP contribution in [0, 0.1) is 5.41 Å². The molecule has 13 heavy (non-hydrogen) atoms. The van der Waals surface area contributed by atoms with Gasteiger partial charge >= 0.3 is 5.97 Å². The second kappa shape index (κ2) is 9.23. The summed E-state index contributed by atoms with van der Waals surface area (Å²) in [6.07, 6.45) is 9.04. The molecule has 0 rings (SSSR count). The molecule has 0 aromatic rings. The molecule has 0 bridgehead atoms. The molecular formula is C10H19NO2. The Balaban J connectivity index is 2.91. The Kier molecular flexibility index (Phi) is 8.62. The summed E-state index contributed by atoms with van der Waals surface area (Å²) in [4.78, 5) is 10.1. The summed E-state index contributed by atoms with van der Waals surface area (Å²) < 4.78 is 0. The van der Waals surface area contributed by atoms with Gasteiger partial charge < -0.3 is 10.5 Å². The van der Waals surface area contributed by atoms with Crippen molar-refractivity contribution in [1.82, 2.24) is 0 Å². The summed E-state index contributed by atoms with van der Waals surface area (Å²) in [5, 5.41) is 15.2. The minimum Gasteiger partial charge on any atom is -0.481 e. The van der Waals surface area contributed by atoms with Gasteiger partial charge in [0.15, 0.2) is 0 Å². The molecule has 0 aliphatic heterocycles. The summed E-state index contributed by atoms with van der Waals surface area (Å²) in [6.45, 7) is 0. The van der Waals surface area contributed by atoms with Gasteiger partial charge in [-0.2, -0.15) is 0 Å². The molecule has 0 unspecified atom stereocenters. The van der Waals surface area contributed by atoms with E-state index in [2.05, 4.69) is 0 Å². The van der Waals surface area contributed by atoms with Crippen molar-refractivity contribution >= 4 is 12.2 Å². The first-order valence-corrected chi connectivity index (χ1v) is 4.98. The lowest BCUT2D eigenvalue weighted by Crippen LogP contribution is -1.93. The highest BCUT2D eigenvalue weighted by atomic mass is 16.4. The van der Waals surface area contributed by atoms with E-state index in [1.807, 2.05) is 0 Å². The topological polar surface area (TPSA) is 61.2 Å². The van der Waals surface area contributed by atoms with Crippen molar-refractivity contribution in [1.29, 1.82) is 5.41 Å². The van der Waals surface area contributed by atoms with Crippen molar-refractivity contribution < 1.29 is 9.90 Å². The molecule has 0 aliphatic rings. The molecule has 3 heteroatoms. The molecule has 0 fully saturated rings. The van der Waals surface area contributed by atoms with Gasteiger partial charge in [0, 0.05) is 6.42 Å². The van der Waals surface area contributed by atoms with E-state index in [-0.39, 0.29) is 0 Å². The average molecular weight is 185 g/mol. The SMILES string of the molecule is N=CCCCCCCCCC(=O)O. The number of carbonyl (C=O) groups is 1. The third kappa shape index (κ3) is 11.1. The highest BCUT2D eigenvalue weighted by molar-refractivity contribution is 5.66. The summed E-state index contributed by atoms with van der Waals surface area (Å²) in [7, 11) is 0. The third-order valence-corrected chi connectivity index (χ3v) is 1.99. The third-order valence-electron chi connectivity index (χ3n) is 1.99. The number of hydrogen-bond acceptors (Lipinski definition) is 2. The maximum Gasteiger partial charge on any atom is 0.303 e. The molecule has 2 N–H and O–H groups in total. The molecule has 0 saturated heterocycles. The zero-order valence-electron chi connectivity index (χ0n) is 8.09. The Morgan fingerprint density at radius 1 is 1.08 bits per heavy atom. The zero-order valence-corrected chi connectivity index (χ0v) is 8.09. The summed E-state index contributed by atoms with van der Waals surface area (Å²) in [5.74, 6) is -0.691. The minimum atomic E-state index is -0.691. The number of nitrogens with one attached hydrogen (secondary N) is 1. The molecule has 0 heterocycles. The number of rotatable bonds is 9.